The number of fused-ring (bicyclic) bond motifs is 1. The van der Waals surface area contributed by atoms with Gasteiger partial charge in [0.1, 0.15) is 11.4 Å². The van der Waals surface area contributed by atoms with Gasteiger partial charge in [0.15, 0.2) is 0 Å². The van der Waals surface area contributed by atoms with E-state index in [2.05, 4.69) is 17.0 Å². The van der Waals surface area contributed by atoms with Crippen LogP contribution in [0.4, 0.5) is 0 Å². The van der Waals surface area contributed by atoms with Crippen LogP contribution in [0.2, 0.25) is 0 Å². The minimum atomic E-state index is -0.407. The molecule has 0 radical (unpaired) electrons. The number of hydrogen-bond acceptors (Lipinski definition) is 6. The van der Waals surface area contributed by atoms with Gasteiger partial charge >= 0.3 is 0 Å². The Labute approximate surface area is 177 Å². The molecule has 0 fully saturated rings. The summed E-state index contributed by atoms with van der Waals surface area (Å²) in [7, 11) is 0. The summed E-state index contributed by atoms with van der Waals surface area (Å²) in [6.45, 7) is 2.73. The minimum absolute atomic E-state index is 0.253. The van der Waals surface area contributed by atoms with Gasteiger partial charge in [-0.3, -0.25) is 9.59 Å². The summed E-state index contributed by atoms with van der Waals surface area (Å²) >= 11 is 1.15. The van der Waals surface area contributed by atoms with E-state index in [0.717, 1.165) is 41.1 Å². The van der Waals surface area contributed by atoms with E-state index < -0.39 is 5.56 Å². The topological polar surface area (TPSA) is 73.6 Å². The number of ether oxygens (including phenoxy) is 1. The third-order valence-electron chi connectivity index (χ3n) is 4.63. The van der Waals surface area contributed by atoms with E-state index >= 15 is 0 Å². The van der Waals surface area contributed by atoms with E-state index in [0.29, 0.717) is 17.6 Å². The molecule has 152 valence electrons. The fraction of sp³-hybridized carbons (Fsp3) is 0.217. The molecular weight excluding hydrogens is 398 g/mol. The van der Waals surface area contributed by atoms with Gasteiger partial charge in [0.05, 0.1) is 11.1 Å². The van der Waals surface area contributed by atoms with Crippen molar-refractivity contribution in [1.29, 1.82) is 0 Å². The summed E-state index contributed by atoms with van der Waals surface area (Å²) in [6.07, 6.45) is 4.11. The molecule has 0 saturated heterocycles. The molecule has 0 amide bonds. The molecule has 30 heavy (non-hydrogen) atoms. The molecule has 2 aromatic heterocycles. The van der Waals surface area contributed by atoms with Gasteiger partial charge in [-0.05, 0) is 24.1 Å². The number of hydrogen-bond donors (Lipinski definition) is 0. The molecule has 0 aliphatic carbocycles. The van der Waals surface area contributed by atoms with Crippen molar-refractivity contribution in [3.8, 4) is 5.75 Å². The minimum Gasteiger partial charge on any atom is -0.493 e. The van der Waals surface area contributed by atoms with Crippen molar-refractivity contribution < 1.29 is 4.74 Å². The molecule has 4 aromatic rings. The monoisotopic (exact) mass is 419 g/mol. The molecule has 0 aliphatic rings. The average Bonchev–Trinajstić information content (AvgIpc) is 3.05. The molecule has 0 aliphatic heterocycles. The summed E-state index contributed by atoms with van der Waals surface area (Å²) in [6, 6.07) is 17.1. The molecule has 0 unspecified atom stereocenters. The second-order valence-electron chi connectivity index (χ2n) is 6.88. The van der Waals surface area contributed by atoms with Crippen LogP contribution in [0.5, 0.6) is 5.75 Å². The Kier molecular flexibility index (Phi) is 5.99. The Balaban J connectivity index is 1.74. The summed E-state index contributed by atoms with van der Waals surface area (Å²) in [5, 5.41) is 4.30. The number of aromatic nitrogens is 3. The zero-order valence-electron chi connectivity index (χ0n) is 16.6. The summed E-state index contributed by atoms with van der Waals surface area (Å²) < 4.78 is 7.53. The van der Waals surface area contributed by atoms with Crippen LogP contribution in [0.1, 0.15) is 36.6 Å². The molecule has 7 heteroatoms. The number of thiazole rings is 1. The van der Waals surface area contributed by atoms with E-state index in [1.807, 2.05) is 54.6 Å². The van der Waals surface area contributed by atoms with Gasteiger partial charge in [-0.1, -0.05) is 73.2 Å². The van der Waals surface area contributed by atoms with Gasteiger partial charge in [-0.25, -0.2) is 0 Å². The quantitative estimate of drug-likeness (QED) is 0.431. The third-order valence-corrected chi connectivity index (χ3v) is 5.58. The van der Waals surface area contributed by atoms with Crippen LogP contribution in [0.15, 0.2) is 64.2 Å². The molecule has 0 spiro atoms. The van der Waals surface area contributed by atoms with Crippen LogP contribution in [0.25, 0.3) is 11.0 Å². The Morgan fingerprint density at radius 3 is 2.63 bits per heavy atom. The predicted octanol–water partition coefficient (Wildman–Crippen LogP) is 2.83. The highest BCUT2D eigenvalue weighted by Crippen LogP contribution is 2.19. The molecular formula is C23H21N3O3S. The maximum Gasteiger partial charge on any atom is 0.296 e. The number of benzene rings is 2. The van der Waals surface area contributed by atoms with Crippen LogP contribution in [-0.4, -0.2) is 21.2 Å². The normalized spacial score (nSPS) is 11.8. The zero-order valence-corrected chi connectivity index (χ0v) is 17.4. The van der Waals surface area contributed by atoms with Crippen LogP contribution < -0.4 is 20.4 Å². The fourth-order valence-corrected chi connectivity index (χ4v) is 3.94. The van der Waals surface area contributed by atoms with Crippen LogP contribution >= 0.6 is 11.3 Å². The van der Waals surface area contributed by atoms with Crippen molar-refractivity contribution >= 4 is 22.4 Å². The van der Waals surface area contributed by atoms with Gasteiger partial charge in [0.2, 0.25) is 4.96 Å². The van der Waals surface area contributed by atoms with E-state index in [9.17, 15) is 9.59 Å². The lowest BCUT2D eigenvalue weighted by Gasteiger charge is -2.07. The first-order chi connectivity index (χ1) is 14.7. The molecule has 0 bridgehead atoms. The lowest BCUT2D eigenvalue weighted by molar-refractivity contribution is 0.309. The summed E-state index contributed by atoms with van der Waals surface area (Å²) in [5.41, 5.74) is 1.31. The van der Waals surface area contributed by atoms with Crippen molar-refractivity contribution in [2.75, 3.05) is 6.61 Å². The lowest BCUT2D eigenvalue weighted by Crippen LogP contribution is -2.28. The van der Waals surface area contributed by atoms with Gasteiger partial charge in [0, 0.05) is 12.0 Å². The second kappa shape index (κ2) is 9.00. The highest BCUT2D eigenvalue weighted by Gasteiger charge is 2.12. The number of para-hydroxylation sites is 1. The first-order valence-electron chi connectivity index (χ1n) is 9.86. The van der Waals surface area contributed by atoms with Gasteiger partial charge in [0.25, 0.3) is 11.1 Å². The third kappa shape index (κ3) is 4.31. The first kappa shape index (κ1) is 20.0. The SMILES string of the molecule is CCCCOc1ccccc1C=c1sc2nc(=O)c(Cc3ccccc3)nn2c1=O. The van der Waals surface area contributed by atoms with Crippen LogP contribution in [0.3, 0.4) is 0 Å². The van der Waals surface area contributed by atoms with Gasteiger partial charge in [-0.2, -0.15) is 14.6 Å². The number of nitrogens with zero attached hydrogens (tertiary/aromatic N) is 3. The molecule has 2 aromatic carbocycles. The van der Waals surface area contributed by atoms with E-state index in [4.69, 9.17) is 4.74 Å². The maximum absolute atomic E-state index is 12.9. The Bertz CT molecular complexity index is 1330. The maximum atomic E-state index is 12.9. The zero-order chi connectivity index (χ0) is 20.9. The molecule has 0 atom stereocenters. The van der Waals surface area contributed by atoms with Crippen molar-refractivity contribution in [3.05, 3.63) is 96.7 Å². The second-order valence-corrected chi connectivity index (χ2v) is 7.89. The highest BCUT2D eigenvalue weighted by atomic mass is 32.1. The van der Waals surface area contributed by atoms with Crippen molar-refractivity contribution in [2.45, 2.75) is 26.2 Å². The predicted molar refractivity (Wildman–Crippen MR) is 118 cm³/mol. The number of rotatable bonds is 7. The fourth-order valence-electron chi connectivity index (χ4n) is 3.04. The summed E-state index contributed by atoms with van der Waals surface area (Å²) in [5.74, 6) is 0.725. The largest absolute Gasteiger partial charge is 0.493 e. The standard InChI is InChI=1S/C23H21N3O3S/c1-2-3-13-29-19-12-8-7-11-17(19)15-20-22(28)26-23(30-20)24-21(27)18(25-26)14-16-9-5-4-6-10-16/h4-12,15H,2-3,13-14H2,1H3. The van der Waals surface area contributed by atoms with Crippen LogP contribution in [-0.2, 0) is 6.42 Å². The Morgan fingerprint density at radius 1 is 1.07 bits per heavy atom. The van der Waals surface area contributed by atoms with Crippen molar-refractivity contribution in [1.82, 2.24) is 14.6 Å². The number of unbranched alkanes of at least 4 members (excludes halogenated alkanes) is 1. The van der Waals surface area contributed by atoms with E-state index in [-0.39, 0.29) is 16.2 Å². The van der Waals surface area contributed by atoms with Gasteiger partial charge < -0.3 is 4.74 Å². The smallest absolute Gasteiger partial charge is 0.296 e. The van der Waals surface area contributed by atoms with Crippen LogP contribution in [0, 0.1) is 0 Å². The Morgan fingerprint density at radius 2 is 1.83 bits per heavy atom. The van der Waals surface area contributed by atoms with Crippen molar-refractivity contribution in [2.24, 2.45) is 0 Å². The lowest BCUT2D eigenvalue weighted by atomic mass is 10.1. The Hall–Kier alpha value is -3.32. The summed E-state index contributed by atoms with van der Waals surface area (Å²) in [4.78, 5) is 29.7. The first-order valence-corrected chi connectivity index (χ1v) is 10.7. The molecule has 2 heterocycles. The van der Waals surface area contributed by atoms with E-state index in [1.165, 1.54) is 4.52 Å². The average molecular weight is 420 g/mol. The molecule has 4 rings (SSSR count). The van der Waals surface area contributed by atoms with Gasteiger partial charge in [-0.15, -0.1) is 0 Å². The van der Waals surface area contributed by atoms with E-state index in [1.54, 1.807) is 6.08 Å². The molecule has 6 nitrogen and oxygen atoms in total. The molecule has 0 N–H and O–H groups in total. The highest BCUT2D eigenvalue weighted by molar-refractivity contribution is 7.15. The van der Waals surface area contributed by atoms with Crippen molar-refractivity contribution in [3.63, 3.8) is 0 Å². The molecule has 0 saturated carbocycles.